The Bertz CT molecular complexity index is 554. The van der Waals surface area contributed by atoms with E-state index in [0.717, 1.165) is 43.5 Å². The molecule has 4 nitrogen and oxygen atoms in total. The minimum atomic E-state index is 0.120. The second kappa shape index (κ2) is 8.34. The van der Waals surface area contributed by atoms with Gasteiger partial charge in [-0.25, -0.2) is 0 Å². The number of carbonyl (C=O) groups is 1. The molecule has 1 saturated carbocycles. The van der Waals surface area contributed by atoms with Crippen LogP contribution >= 0.6 is 0 Å². The highest BCUT2D eigenvalue weighted by molar-refractivity contribution is 5.91. The van der Waals surface area contributed by atoms with Crippen molar-refractivity contribution < 1.29 is 9.53 Å². The number of ether oxygens (including phenoxy) is 1. The number of hydrogen-bond acceptors (Lipinski definition) is 3. The van der Waals surface area contributed by atoms with Crippen LogP contribution in [0.1, 0.15) is 38.2 Å². The van der Waals surface area contributed by atoms with E-state index in [1.807, 2.05) is 42.2 Å². The van der Waals surface area contributed by atoms with Crippen molar-refractivity contribution in [2.24, 2.45) is 0 Å². The summed E-state index contributed by atoms with van der Waals surface area (Å²) in [6.07, 6.45) is 9.00. The normalized spacial score (nSPS) is 20.0. The molecule has 1 heterocycles. The summed E-state index contributed by atoms with van der Waals surface area (Å²) in [4.78, 5) is 16.9. The number of piperazine rings is 1. The summed E-state index contributed by atoms with van der Waals surface area (Å²) < 4.78 is 5.43. The van der Waals surface area contributed by atoms with E-state index < -0.39 is 0 Å². The summed E-state index contributed by atoms with van der Waals surface area (Å²) in [5, 5.41) is 0. The first-order valence-corrected chi connectivity index (χ1v) is 9.20. The SMILES string of the molecule is CCOc1ccc(/C=C/C(=O)N2CCN(C3CCCC3)CC2)cc1. The van der Waals surface area contributed by atoms with E-state index >= 15 is 0 Å². The molecule has 3 rings (SSSR count). The lowest BCUT2D eigenvalue weighted by molar-refractivity contribution is -0.127. The molecule has 0 atom stereocenters. The van der Waals surface area contributed by atoms with Gasteiger partial charge in [0.05, 0.1) is 6.61 Å². The van der Waals surface area contributed by atoms with Gasteiger partial charge in [-0.05, 0) is 43.5 Å². The molecule has 2 aliphatic rings. The highest BCUT2D eigenvalue weighted by atomic mass is 16.5. The molecule has 0 bridgehead atoms. The molecule has 24 heavy (non-hydrogen) atoms. The van der Waals surface area contributed by atoms with Crippen LogP contribution in [-0.2, 0) is 4.79 Å². The van der Waals surface area contributed by atoms with Crippen molar-refractivity contribution in [2.75, 3.05) is 32.8 Å². The fraction of sp³-hybridized carbons (Fsp3) is 0.550. The maximum absolute atomic E-state index is 12.4. The van der Waals surface area contributed by atoms with Gasteiger partial charge in [0.1, 0.15) is 5.75 Å². The van der Waals surface area contributed by atoms with Gasteiger partial charge in [0, 0.05) is 38.3 Å². The van der Waals surface area contributed by atoms with Crippen LogP contribution in [0.5, 0.6) is 5.75 Å². The zero-order valence-electron chi connectivity index (χ0n) is 14.6. The van der Waals surface area contributed by atoms with Crippen molar-refractivity contribution >= 4 is 12.0 Å². The van der Waals surface area contributed by atoms with Crippen LogP contribution in [0.4, 0.5) is 0 Å². The minimum Gasteiger partial charge on any atom is -0.494 e. The Morgan fingerprint density at radius 3 is 2.42 bits per heavy atom. The molecular weight excluding hydrogens is 300 g/mol. The Kier molecular flexibility index (Phi) is 5.91. The number of amides is 1. The molecule has 0 N–H and O–H groups in total. The summed E-state index contributed by atoms with van der Waals surface area (Å²) >= 11 is 0. The summed E-state index contributed by atoms with van der Waals surface area (Å²) in [5.41, 5.74) is 1.02. The van der Waals surface area contributed by atoms with Crippen LogP contribution in [0.3, 0.4) is 0 Å². The van der Waals surface area contributed by atoms with Crippen LogP contribution in [-0.4, -0.2) is 54.5 Å². The van der Waals surface area contributed by atoms with E-state index in [2.05, 4.69) is 4.90 Å². The van der Waals surface area contributed by atoms with Gasteiger partial charge in [-0.3, -0.25) is 9.69 Å². The molecule has 4 heteroatoms. The van der Waals surface area contributed by atoms with Gasteiger partial charge in [-0.2, -0.15) is 0 Å². The van der Waals surface area contributed by atoms with Gasteiger partial charge in [-0.1, -0.05) is 25.0 Å². The molecule has 0 aromatic heterocycles. The maximum atomic E-state index is 12.4. The molecule has 0 unspecified atom stereocenters. The van der Waals surface area contributed by atoms with E-state index in [1.165, 1.54) is 25.7 Å². The second-order valence-electron chi connectivity index (χ2n) is 6.63. The zero-order valence-corrected chi connectivity index (χ0v) is 14.6. The standard InChI is InChI=1S/C20H28N2O2/c1-2-24-19-10-7-17(8-11-19)9-12-20(23)22-15-13-21(14-16-22)18-5-3-4-6-18/h7-12,18H,2-6,13-16H2,1H3/b12-9+. The number of rotatable bonds is 5. The first kappa shape index (κ1) is 17.0. The number of benzene rings is 1. The van der Waals surface area contributed by atoms with Crippen LogP contribution in [0, 0.1) is 0 Å². The lowest BCUT2D eigenvalue weighted by Gasteiger charge is -2.37. The molecule has 130 valence electrons. The molecule has 2 fully saturated rings. The molecule has 1 aliphatic carbocycles. The molecular formula is C20H28N2O2. The van der Waals surface area contributed by atoms with Crippen LogP contribution in [0.2, 0.25) is 0 Å². The summed E-state index contributed by atoms with van der Waals surface area (Å²) in [5.74, 6) is 0.985. The third kappa shape index (κ3) is 4.38. The lowest BCUT2D eigenvalue weighted by atomic mass is 10.1. The molecule has 1 amide bonds. The average Bonchev–Trinajstić information content (AvgIpc) is 3.16. The molecule has 0 spiro atoms. The maximum Gasteiger partial charge on any atom is 0.246 e. The highest BCUT2D eigenvalue weighted by Gasteiger charge is 2.27. The average molecular weight is 328 g/mol. The highest BCUT2D eigenvalue weighted by Crippen LogP contribution is 2.24. The van der Waals surface area contributed by atoms with E-state index in [1.54, 1.807) is 6.08 Å². The van der Waals surface area contributed by atoms with Crippen LogP contribution < -0.4 is 4.74 Å². The molecule has 0 radical (unpaired) electrons. The molecule has 1 aliphatic heterocycles. The van der Waals surface area contributed by atoms with Gasteiger partial charge in [0.25, 0.3) is 0 Å². The largest absolute Gasteiger partial charge is 0.494 e. The topological polar surface area (TPSA) is 32.8 Å². The monoisotopic (exact) mass is 328 g/mol. The first-order chi connectivity index (χ1) is 11.8. The minimum absolute atomic E-state index is 0.120. The third-order valence-corrected chi connectivity index (χ3v) is 5.08. The number of hydrogen-bond donors (Lipinski definition) is 0. The van der Waals surface area contributed by atoms with Gasteiger partial charge >= 0.3 is 0 Å². The van der Waals surface area contributed by atoms with Gasteiger partial charge in [0.2, 0.25) is 5.91 Å². The van der Waals surface area contributed by atoms with Crippen LogP contribution in [0.15, 0.2) is 30.3 Å². The van der Waals surface area contributed by atoms with Crippen LogP contribution in [0.25, 0.3) is 6.08 Å². The Morgan fingerprint density at radius 2 is 1.79 bits per heavy atom. The van der Waals surface area contributed by atoms with E-state index in [4.69, 9.17) is 4.74 Å². The second-order valence-corrected chi connectivity index (χ2v) is 6.63. The smallest absolute Gasteiger partial charge is 0.246 e. The van der Waals surface area contributed by atoms with E-state index in [-0.39, 0.29) is 5.91 Å². The fourth-order valence-corrected chi connectivity index (χ4v) is 3.69. The number of carbonyl (C=O) groups excluding carboxylic acids is 1. The summed E-state index contributed by atoms with van der Waals surface area (Å²) in [7, 11) is 0. The Balaban J connectivity index is 1.48. The molecule has 1 aromatic rings. The fourth-order valence-electron chi connectivity index (χ4n) is 3.69. The van der Waals surface area contributed by atoms with Crippen molar-refractivity contribution in [3.63, 3.8) is 0 Å². The Labute approximate surface area is 145 Å². The van der Waals surface area contributed by atoms with Crippen molar-refractivity contribution in [3.05, 3.63) is 35.9 Å². The quantitative estimate of drug-likeness (QED) is 0.778. The first-order valence-electron chi connectivity index (χ1n) is 9.20. The summed E-state index contributed by atoms with van der Waals surface area (Å²) in [6.45, 7) is 6.38. The van der Waals surface area contributed by atoms with Crippen molar-refractivity contribution in [2.45, 2.75) is 38.6 Å². The predicted molar refractivity (Wildman–Crippen MR) is 97.1 cm³/mol. The van der Waals surface area contributed by atoms with Gasteiger partial charge < -0.3 is 9.64 Å². The van der Waals surface area contributed by atoms with Crippen molar-refractivity contribution in [1.82, 2.24) is 9.80 Å². The van der Waals surface area contributed by atoms with Crippen molar-refractivity contribution in [1.29, 1.82) is 0 Å². The Morgan fingerprint density at radius 1 is 1.12 bits per heavy atom. The number of nitrogens with zero attached hydrogens (tertiary/aromatic N) is 2. The zero-order chi connectivity index (χ0) is 16.8. The molecule has 1 aromatic carbocycles. The van der Waals surface area contributed by atoms with Gasteiger partial charge in [-0.15, -0.1) is 0 Å². The molecule has 1 saturated heterocycles. The lowest BCUT2D eigenvalue weighted by Crippen LogP contribution is -2.51. The summed E-state index contributed by atoms with van der Waals surface area (Å²) in [6, 6.07) is 8.60. The third-order valence-electron chi connectivity index (χ3n) is 5.08. The predicted octanol–water partition coefficient (Wildman–Crippen LogP) is 3.19. The Hall–Kier alpha value is -1.81. The van der Waals surface area contributed by atoms with Gasteiger partial charge in [0.15, 0.2) is 0 Å². The van der Waals surface area contributed by atoms with E-state index in [0.29, 0.717) is 6.61 Å². The van der Waals surface area contributed by atoms with E-state index in [9.17, 15) is 4.79 Å². The van der Waals surface area contributed by atoms with Crippen molar-refractivity contribution in [3.8, 4) is 5.75 Å².